The molecular formula is C22H31FN2O3. The number of halogens is 1. The molecule has 1 fully saturated rings. The monoisotopic (exact) mass is 390 g/mol. The first kappa shape index (κ1) is 22.1. The number of piperidine rings is 1. The van der Waals surface area contributed by atoms with Crippen molar-refractivity contribution in [3.8, 4) is 0 Å². The predicted molar refractivity (Wildman–Crippen MR) is 107 cm³/mol. The second kappa shape index (κ2) is 9.30. The van der Waals surface area contributed by atoms with Gasteiger partial charge in [0.2, 0.25) is 0 Å². The molecule has 0 aliphatic carbocycles. The molecule has 2 rings (SSSR count). The third-order valence-electron chi connectivity index (χ3n) is 5.42. The molecule has 6 heteroatoms. The lowest BCUT2D eigenvalue weighted by Crippen LogP contribution is -2.46. The second-order valence-corrected chi connectivity index (χ2v) is 8.15. The van der Waals surface area contributed by atoms with Gasteiger partial charge in [-0.2, -0.15) is 0 Å². The lowest BCUT2D eigenvalue weighted by molar-refractivity contribution is -0.143. The smallest absolute Gasteiger partial charge is 0.259 e. The van der Waals surface area contributed by atoms with Crippen LogP contribution >= 0.6 is 0 Å². The van der Waals surface area contributed by atoms with Crippen LogP contribution in [0.15, 0.2) is 24.3 Å². The van der Waals surface area contributed by atoms with E-state index in [1.807, 2.05) is 26.0 Å². The molecule has 0 spiro atoms. The Morgan fingerprint density at radius 1 is 1.32 bits per heavy atom. The molecule has 1 aromatic rings. The van der Waals surface area contributed by atoms with Gasteiger partial charge in [0, 0.05) is 30.5 Å². The van der Waals surface area contributed by atoms with E-state index in [1.165, 1.54) is 13.8 Å². The largest absolute Gasteiger partial charge is 0.345 e. The number of hydrogen-bond donors (Lipinski definition) is 1. The highest BCUT2D eigenvalue weighted by molar-refractivity contribution is 5.97. The Morgan fingerprint density at radius 2 is 2.04 bits per heavy atom. The zero-order valence-corrected chi connectivity index (χ0v) is 17.3. The molecule has 2 unspecified atom stereocenters. The van der Waals surface area contributed by atoms with E-state index < -0.39 is 11.6 Å². The van der Waals surface area contributed by atoms with Crippen LogP contribution in [0.3, 0.4) is 0 Å². The Labute approximate surface area is 166 Å². The Balaban J connectivity index is 2.05. The Kier molecular flexibility index (Phi) is 7.33. The molecule has 5 nitrogen and oxygen atoms in total. The van der Waals surface area contributed by atoms with Gasteiger partial charge in [-0.3, -0.25) is 14.4 Å². The molecule has 2 atom stereocenters. The molecule has 1 saturated heterocycles. The molecular weight excluding hydrogens is 359 g/mol. The van der Waals surface area contributed by atoms with E-state index in [1.54, 1.807) is 17.0 Å². The number of benzene rings is 1. The van der Waals surface area contributed by atoms with Gasteiger partial charge in [-0.1, -0.05) is 26.0 Å². The van der Waals surface area contributed by atoms with Gasteiger partial charge in [0.25, 0.3) is 11.8 Å². The van der Waals surface area contributed by atoms with Gasteiger partial charge in [-0.25, -0.2) is 4.39 Å². The summed E-state index contributed by atoms with van der Waals surface area (Å²) in [6.07, 6.45) is 2.43. The standard InChI is InChI=1S/C22H31FN2O3/c1-5-15(2)19(26)13-24-20(27)17-9-6-8-16(12-17)18-10-7-11-25(14-18)21(28)22(3,4)23/h6,8-9,12,15,18H,5,7,10-11,13-14H2,1-4H3,(H,24,27). The van der Waals surface area contributed by atoms with Crippen molar-refractivity contribution in [3.63, 3.8) is 0 Å². The number of ketones is 1. The third kappa shape index (κ3) is 5.63. The summed E-state index contributed by atoms with van der Waals surface area (Å²) in [5, 5.41) is 2.69. The fourth-order valence-electron chi connectivity index (χ4n) is 3.41. The maximum Gasteiger partial charge on any atom is 0.259 e. The number of Topliss-reactive ketones (excluding diaryl/α,β-unsaturated/α-hetero) is 1. The molecule has 0 bridgehead atoms. The number of carbonyl (C=O) groups is 3. The highest BCUT2D eigenvalue weighted by Crippen LogP contribution is 2.29. The maximum absolute atomic E-state index is 14.0. The molecule has 2 amide bonds. The fraction of sp³-hybridized carbons (Fsp3) is 0.591. The van der Waals surface area contributed by atoms with Crippen LogP contribution in [0, 0.1) is 5.92 Å². The highest BCUT2D eigenvalue weighted by atomic mass is 19.1. The first-order chi connectivity index (χ1) is 13.1. The minimum atomic E-state index is -1.88. The highest BCUT2D eigenvalue weighted by Gasteiger charge is 2.34. The molecule has 1 N–H and O–H groups in total. The number of amides is 2. The minimum absolute atomic E-state index is 0.0160. The molecule has 154 valence electrons. The van der Waals surface area contributed by atoms with Crippen molar-refractivity contribution < 1.29 is 18.8 Å². The number of nitrogens with zero attached hydrogens (tertiary/aromatic N) is 1. The van der Waals surface area contributed by atoms with Crippen molar-refractivity contribution in [2.45, 2.75) is 58.5 Å². The molecule has 1 aliphatic rings. The molecule has 1 aliphatic heterocycles. The number of carbonyl (C=O) groups excluding carboxylic acids is 3. The van der Waals surface area contributed by atoms with Crippen molar-refractivity contribution in [3.05, 3.63) is 35.4 Å². The molecule has 28 heavy (non-hydrogen) atoms. The average Bonchev–Trinajstić information content (AvgIpc) is 2.69. The van der Waals surface area contributed by atoms with Gasteiger partial charge in [-0.05, 0) is 50.8 Å². The maximum atomic E-state index is 14.0. The number of alkyl halides is 1. The van der Waals surface area contributed by atoms with Crippen LogP contribution in [0.2, 0.25) is 0 Å². The van der Waals surface area contributed by atoms with Crippen molar-refractivity contribution >= 4 is 17.6 Å². The van der Waals surface area contributed by atoms with Crippen LogP contribution in [0.1, 0.15) is 68.8 Å². The summed E-state index contributed by atoms with van der Waals surface area (Å²) < 4.78 is 14.0. The Morgan fingerprint density at radius 3 is 2.68 bits per heavy atom. The first-order valence-corrected chi connectivity index (χ1v) is 10.0. The summed E-state index contributed by atoms with van der Waals surface area (Å²) in [6, 6.07) is 7.26. The molecule has 1 heterocycles. The summed E-state index contributed by atoms with van der Waals surface area (Å²) >= 11 is 0. The van der Waals surface area contributed by atoms with Crippen LogP contribution in [0.4, 0.5) is 4.39 Å². The summed E-state index contributed by atoms with van der Waals surface area (Å²) in [5.74, 6) is -0.768. The summed E-state index contributed by atoms with van der Waals surface area (Å²) in [4.78, 5) is 38.2. The molecule has 0 radical (unpaired) electrons. The van der Waals surface area contributed by atoms with Crippen molar-refractivity contribution in [1.29, 1.82) is 0 Å². The molecule has 0 aromatic heterocycles. The van der Waals surface area contributed by atoms with Gasteiger partial charge in [0.1, 0.15) is 0 Å². The van der Waals surface area contributed by atoms with Gasteiger partial charge in [-0.15, -0.1) is 0 Å². The Hall–Kier alpha value is -2.24. The van der Waals surface area contributed by atoms with E-state index in [-0.39, 0.29) is 30.1 Å². The zero-order chi connectivity index (χ0) is 20.9. The quantitative estimate of drug-likeness (QED) is 0.775. The SMILES string of the molecule is CCC(C)C(=O)CNC(=O)c1cccc(C2CCCN(C(=O)C(C)(C)F)C2)c1. The Bertz CT molecular complexity index is 727. The first-order valence-electron chi connectivity index (χ1n) is 10.0. The van der Waals surface area contributed by atoms with E-state index >= 15 is 0 Å². The van der Waals surface area contributed by atoms with Gasteiger partial charge < -0.3 is 10.2 Å². The zero-order valence-electron chi connectivity index (χ0n) is 17.3. The molecule has 1 aromatic carbocycles. The van der Waals surface area contributed by atoms with Crippen LogP contribution in [0.5, 0.6) is 0 Å². The normalized spacial score (nSPS) is 18.5. The van der Waals surface area contributed by atoms with Crippen molar-refractivity contribution in [2.75, 3.05) is 19.6 Å². The second-order valence-electron chi connectivity index (χ2n) is 8.15. The van der Waals surface area contributed by atoms with Crippen molar-refractivity contribution in [1.82, 2.24) is 10.2 Å². The average molecular weight is 390 g/mol. The van der Waals surface area contributed by atoms with Crippen LogP contribution in [-0.2, 0) is 9.59 Å². The fourth-order valence-corrected chi connectivity index (χ4v) is 3.41. The summed E-state index contributed by atoms with van der Waals surface area (Å²) in [5.41, 5.74) is -0.440. The number of nitrogens with one attached hydrogen (secondary N) is 1. The van der Waals surface area contributed by atoms with Crippen molar-refractivity contribution in [2.24, 2.45) is 5.92 Å². The van der Waals surface area contributed by atoms with Gasteiger partial charge in [0.15, 0.2) is 11.5 Å². The number of hydrogen-bond acceptors (Lipinski definition) is 3. The molecule has 0 saturated carbocycles. The van der Waals surface area contributed by atoms with Crippen LogP contribution in [0.25, 0.3) is 0 Å². The van der Waals surface area contributed by atoms with E-state index in [0.29, 0.717) is 18.7 Å². The van der Waals surface area contributed by atoms with Gasteiger partial charge >= 0.3 is 0 Å². The number of likely N-dealkylation sites (tertiary alicyclic amines) is 1. The lowest BCUT2D eigenvalue weighted by atomic mass is 9.89. The van der Waals surface area contributed by atoms with E-state index in [0.717, 1.165) is 24.8 Å². The van der Waals surface area contributed by atoms with E-state index in [2.05, 4.69) is 5.32 Å². The van der Waals surface area contributed by atoms with E-state index in [4.69, 9.17) is 0 Å². The predicted octanol–water partition coefficient (Wildman–Crippen LogP) is 3.49. The summed E-state index contributed by atoms with van der Waals surface area (Å²) in [7, 11) is 0. The number of rotatable bonds is 7. The topological polar surface area (TPSA) is 66.5 Å². The van der Waals surface area contributed by atoms with Crippen LogP contribution in [-0.4, -0.2) is 47.8 Å². The summed E-state index contributed by atoms with van der Waals surface area (Å²) in [6.45, 7) is 7.38. The lowest BCUT2D eigenvalue weighted by Gasteiger charge is -2.35. The van der Waals surface area contributed by atoms with E-state index in [9.17, 15) is 18.8 Å². The van der Waals surface area contributed by atoms with Gasteiger partial charge in [0.05, 0.1) is 6.54 Å². The minimum Gasteiger partial charge on any atom is -0.345 e. The third-order valence-corrected chi connectivity index (χ3v) is 5.42. The van der Waals surface area contributed by atoms with Crippen LogP contribution < -0.4 is 5.32 Å².